The first-order chi connectivity index (χ1) is 14.1. The summed E-state index contributed by atoms with van der Waals surface area (Å²) in [5, 5.41) is 10.9. The number of nitrogens with zero attached hydrogens (tertiary/aromatic N) is 3. The molecular formula is C21H23FN4O3. The first kappa shape index (κ1) is 20.5. The van der Waals surface area contributed by atoms with E-state index in [2.05, 4.69) is 15.5 Å². The van der Waals surface area contributed by atoms with Gasteiger partial charge in [-0.05, 0) is 49.4 Å². The summed E-state index contributed by atoms with van der Waals surface area (Å²) in [7, 11) is 1.56. The number of benzene rings is 2. The molecule has 1 amide bonds. The van der Waals surface area contributed by atoms with Crippen molar-refractivity contribution in [2.45, 2.75) is 19.9 Å². The number of anilines is 1. The Bertz CT molecular complexity index is 943. The predicted molar refractivity (Wildman–Crippen MR) is 107 cm³/mol. The summed E-state index contributed by atoms with van der Waals surface area (Å²) in [5.41, 5.74) is 1.26. The summed E-state index contributed by atoms with van der Waals surface area (Å²) in [6.45, 7) is 3.22. The molecule has 0 bridgehead atoms. The second kappa shape index (κ2) is 9.79. The van der Waals surface area contributed by atoms with Crippen molar-refractivity contribution in [3.63, 3.8) is 0 Å². The molecule has 7 nitrogen and oxygen atoms in total. The molecule has 2 aromatic carbocycles. The lowest BCUT2D eigenvalue weighted by Gasteiger charge is -2.19. The maximum Gasteiger partial charge on any atom is 0.247 e. The van der Waals surface area contributed by atoms with Gasteiger partial charge in [0.15, 0.2) is 0 Å². The maximum atomic E-state index is 13.1. The Morgan fingerprint density at radius 3 is 2.66 bits per heavy atom. The minimum absolute atomic E-state index is 0.166. The third-order valence-electron chi connectivity index (χ3n) is 4.20. The van der Waals surface area contributed by atoms with Crippen LogP contribution in [0.2, 0.25) is 0 Å². The summed E-state index contributed by atoms with van der Waals surface area (Å²) < 4.78 is 24.0. The number of aromatic nitrogens is 2. The molecule has 152 valence electrons. The number of hydrogen-bond donors (Lipinski definition) is 1. The van der Waals surface area contributed by atoms with Crippen molar-refractivity contribution in [3.05, 3.63) is 60.2 Å². The van der Waals surface area contributed by atoms with Crippen molar-refractivity contribution in [1.29, 1.82) is 0 Å². The summed E-state index contributed by atoms with van der Waals surface area (Å²) in [6.07, 6.45) is 0.862. The maximum absolute atomic E-state index is 13.1. The molecule has 3 aromatic rings. The van der Waals surface area contributed by atoms with Crippen LogP contribution >= 0.6 is 0 Å². The molecule has 1 heterocycles. The van der Waals surface area contributed by atoms with E-state index in [4.69, 9.17) is 9.15 Å². The average molecular weight is 398 g/mol. The highest BCUT2D eigenvalue weighted by Gasteiger charge is 2.16. The molecule has 3 rings (SSSR count). The first-order valence-electron chi connectivity index (χ1n) is 9.32. The molecule has 0 unspecified atom stereocenters. The van der Waals surface area contributed by atoms with E-state index < -0.39 is 0 Å². The average Bonchev–Trinajstić information content (AvgIpc) is 3.17. The molecule has 0 saturated heterocycles. The number of methoxy groups -OCH3 is 1. The van der Waals surface area contributed by atoms with E-state index in [0.717, 1.165) is 6.42 Å². The number of amides is 1. The van der Waals surface area contributed by atoms with Crippen LogP contribution in [0.25, 0.3) is 11.5 Å². The van der Waals surface area contributed by atoms with Crippen molar-refractivity contribution in [2.24, 2.45) is 0 Å². The first-order valence-corrected chi connectivity index (χ1v) is 9.32. The summed E-state index contributed by atoms with van der Waals surface area (Å²) in [6, 6.07) is 13.1. The van der Waals surface area contributed by atoms with Gasteiger partial charge < -0.3 is 14.5 Å². The van der Waals surface area contributed by atoms with Gasteiger partial charge in [0.05, 0.1) is 25.9 Å². The Morgan fingerprint density at radius 2 is 1.93 bits per heavy atom. The van der Waals surface area contributed by atoms with E-state index in [1.54, 1.807) is 31.4 Å². The quantitative estimate of drug-likeness (QED) is 0.592. The van der Waals surface area contributed by atoms with E-state index in [9.17, 15) is 9.18 Å². The highest BCUT2D eigenvalue weighted by molar-refractivity contribution is 5.93. The second-order valence-corrected chi connectivity index (χ2v) is 6.47. The molecular weight excluding hydrogens is 375 g/mol. The molecule has 8 heteroatoms. The Hall–Kier alpha value is -3.26. The van der Waals surface area contributed by atoms with Gasteiger partial charge in [0.2, 0.25) is 17.7 Å². The Morgan fingerprint density at radius 1 is 1.17 bits per heavy atom. The number of rotatable bonds is 9. The molecule has 0 fully saturated rings. The van der Waals surface area contributed by atoms with E-state index in [1.165, 1.54) is 12.1 Å². The van der Waals surface area contributed by atoms with Crippen LogP contribution in [0.5, 0.6) is 5.75 Å². The van der Waals surface area contributed by atoms with Crippen LogP contribution in [-0.4, -0.2) is 41.2 Å². The number of ether oxygens (including phenoxy) is 1. The Labute approximate surface area is 168 Å². The normalized spacial score (nSPS) is 10.9. The SMILES string of the molecule is CCCN(CC(=O)Nc1ccccc1OC)Cc1nnc(-c2ccc(F)cc2)o1. The lowest BCUT2D eigenvalue weighted by molar-refractivity contribution is -0.117. The minimum atomic E-state index is -0.330. The zero-order valence-electron chi connectivity index (χ0n) is 16.4. The third kappa shape index (κ3) is 5.61. The van der Waals surface area contributed by atoms with Crippen LogP contribution in [0, 0.1) is 5.82 Å². The zero-order valence-corrected chi connectivity index (χ0v) is 16.4. The molecule has 1 N–H and O–H groups in total. The number of para-hydroxylation sites is 2. The van der Waals surface area contributed by atoms with Crippen molar-refractivity contribution >= 4 is 11.6 Å². The Balaban J connectivity index is 1.64. The molecule has 0 radical (unpaired) electrons. The smallest absolute Gasteiger partial charge is 0.247 e. The fourth-order valence-electron chi connectivity index (χ4n) is 2.89. The van der Waals surface area contributed by atoms with E-state index in [1.807, 2.05) is 24.0 Å². The largest absolute Gasteiger partial charge is 0.495 e. The van der Waals surface area contributed by atoms with Crippen molar-refractivity contribution in [2.75, 3.05) is 25.5 Å². The molecule has 0 aliphatic carbocycles. The lowest BCUT2D eigenvalue weighted by Crippen LogP contribution is -2.33. The lowest BCUT2D eigenvalue weighted by atomic mass is 10.2. The van der Waals surface area contributed by atoms with E-state index >= 15 is 0 Å². The third-order valence-corrected chi connectivity index (χ3v) is 4.20. The van der Waals surface area contributed by atoms with Crippen LogP contribution in [0.1, 0.15) is 19.2 Å². The van der Waals surface area contributed by atoms with Crippen molar-refractivity contribution in [3.8, 4) is 17.2 Å². The van der Waals surface area contributed by atoms with Gasteiger partial charge >= 0.3 is 0 Å². The minimum Gasteiger partial charge on any atom is -0.495 e. The van der Waals surface area contributed by atoms with E-state index in [0.29, 0.717) is 41.9 Å². The molecule has 0 aliphatic rings. The van der Waals surface area contributed by atoms with Crippen LogP contribution in [0.3, 0.4) is 0 Å². The van der Waals surface area contributed by atoms with Crippen molar-refractivity contribution < 1.29 is 18.3 Å². The standard InChI is InChI=1S/C21H23FN4O3/c1-3-12-26(13-19(27)23-17-6-4-5-7-18(17)28-2)14-20-24-25-21(29-20)15-8-10-16(22)11-9-15/h4-11H,3,12-14H2,1-2H3,(H,23,27). The molecule has 1 aromatic heterocycles. The summed E-state index contributed by atoms with van der Waals surface area (Å²) >= 11 is 0. The van der Waals surface area contributed by atoms with Gasteiger partial charge in [0.1, 0.15) is 11.6 Å². The molecule has 0 spiro atoms. The van der Waals surface area contributed by atoms with Gasteiger partial charge in [-0.15, -0.1) is 10.2 Å². The van der Waals surface area contributed by atoms with Gasteiger partial charge in [0.25, 0.3) is 0 Å². The predicted octanol–water partition coefficient (Wildman–Crippen LogP) is 3.74. The number of carbonyl (C=O) groups is 1. The zero-order chi connectivity index (χ0) is 20.6. The van der Waals surface area contributed by atoms with Gasteiger partial charge in [-0.25, -0.2) is 4.39 Å². The Kier molecular flexibility index (Phi) is 6.91. The van der Waals surface area contributed by atoms with Gasteiger partial charge in [-0.3, -0.25) is 9.69 Å². The topological polar surface area (TPSA) is 80.5 Å². The highest BCUT2D eigenvalue weighted by Crippen LogP contribution is 2.23. The highest BCUT2D eigenvalue weighted by atomic mass is 19.1. The van der Waals surface area contributed by atoms with Crippen molar-refractivity contribution in [1.82, 2.24) is 15.1 Å². The number of halogens is 1. The number of carbonyl (C=O) groups excluding carboxylic acids is 1. The van der Waals surface area contributed by atoms with Gasteiger partial charge in [-0.2, -0.15) is 0 Å². The number of nitrogens with one attached hydrogen (secondary N) is 1. The van der Waals surface area contributed by atoms with E-state index in [-0.39, 0.29) is 18.3 Å². The summed E-state index contributed by atoms with van der Waals surface area (Å²) in [5.74, 6) is 0.811. The van der Waals surface area contributed by atoms with Crippen LogP contribution in [-0.2, 0) is 11.3 Å². The van der Waals surface area contributed by atoms with Gasteiger partial charge in [-0.1, -0.05) is 19.1 Å². The molecule has 0 atom stereocenters. The van der Waals surface area contributed by atoms with Crippen LogP contribution < -0.4 is 10.1 Å². The van der Waals surface area contributed by atoms with Crippen LogP contribution in [0.15, 0.2) is 52.9 Å². The second-order valence-electron chi connectivity index (χ2n) is 6.47. The fourth-order valence-corrected chi connectivity index (χ4v) is 2.89. The van der Waals surface area contributed by atoms with Crippen LogP contribution in [0.4, 0.5) is 10.1 Å². The van der Waals surface area contributed by atoms with Gasteiger partial charge in [0, 0.05) is 5.56 Å². The monoisotopic (exact) mass is 398 g/mol. The summed E-state index contributed by atoms with van der Waals surface area (Å²) in [4.78, 5) is 14.4. The number of hydrogen-bond acceptors (Lipinski definition) is 6. The fraction of sp³-hybridized carbons (Fsp3) is 0.286. The molecule has 29 heavy (non-hydrogen) atoms. The molecule has 0 saturated carbocycles. The molecule has 0 aliphatic heterocycles.